The monoisotopic (exact) mass is 242 g/mol. The molecule has 1 aromatic heterocycles. The highest BCUT2D eigenvalue weighted by molar-refractivity contribution is 5.54. The van der Waals surface area contributed by atoms with E-state index in [0.29, 0.717) is 6.54 Å². The number of hydrogen-bond donors (Lipinski definition) is 1. The Bertz CT molecular complexity index is 532. The molecule has 0 aliphatic carbocycles. The van der Waals surface area contributed by atoms with Crippen LogP contribution < -0.4 is 10.6 Å². The number of hydrogen-bond acceptors (Lipinski definition) is 3. The highest BCUT2D eigenvalue weighted by Gasteiger charge is 2.18. The van der Waals surface area contributed by atoms with E-state index in [1.807, 2.05) is 6.20 Å². The zero-order valence-electron chi connectivity index (χ0n) is 10.4. The first-order chi connectivity index (χ1) is 8.88. The molecule has 1 aliphatic rings. The smallest absolute Gasteiger partial charge is 0.128 e. The Morgan fingerprint density at radius 3 is 3.00 bits per heavy atom. The van der Waals surface area contributed by atoms with Gasteiger partial charge in [-0.15, -0.1) is 0 Å². The van der Waals surface area contributed by atoms with Crippen LogP contribution in [0.4, 0.5) is 5.69 Å². The maximum atomic E-state index is 5.68. The van der Waals surface area contributed by atoms with Crippen LogP contribution in [0, 0.1) is 0 Å². The third-order valence-corrected chi connectivity index (χ3v) is 3.49. The molecule has 2 heterocycles. The maximum Gasteiger partial charge on any atom is 0.128 e. The summed E-state index contributed by atoms with van der Waals surface area (Å²) in [6.45, 7) is 3.62. The van der Waals surface area contributed by atoms with Crippen molar-refractivity contribution in [2.75, 3.05) is 18.0 Å². The summed E-state index contributed by atoms with van der Waals surface area (Å²) in [5.41, 5.74) is 8.32. The minimum absolute atomic E-state index is 0.694. The number of nitrogens with zero attached hydrogens (tertiary/aromatic N) is 3. The Balaban J connectivity index is 1.88. The molecule has 4 nitrogen and oxygen atoms in total. The molecule has 3 rings (SSSR count). The number of nitrogens with two attached hydrogens (primary N) is 1. The number of imidazole rings is 1. The molecule has 0 saturated heterocycles. The number of fused-ring (bicyclic) bond motifs is 1. The quantitative estimate of drug-likeness (QED) is 0.885. The van der Waals surface area contributed by atoms with Crippen LogP contribution in [0.3, 0.4) is 0 Å². The predicted molar refractivity (Wildman–Crippen MR) is 72.5 cm³/mol. The van der Waals surface area contributed by atoms with Crippen molar-refractivity contribution in [2.45, 2.75) is 19.5 Å². The van der Waals surface area contributed by atoms with E-state index in [0.717, 1.165) is 31.9 Å². The third kappa shape index (κ3) is 1.99. The van der Waals surface area contributed by atoms with Gasteiger partial charge >= 0.3 is 0 Å². The van der Waals surface area contributed by atoms with E-state index >= 15 is 0 Å². The molecule has 0 bridgehead atoms. The van der Waals surface area contributed by atoms with Crippen molar-refractivity contribution in [3.8, 4) is 0 Å². The van der Waals surface area contributed by atoms with E-state index in [-0.39, 0.29) is 0 Å². The summed E-state index contributed by atoms with van der Waals surface area (Å²) < 4.78 is 2.22. The van der Waals surface area contributed by atoms with Crippen molar-refractivity contribution in [1.29, 1.82) is 0 Å². The average molecular weight is 242 g/mol. The second-order valence-electron chi connectivity index (χ2n) is 4.63. The van der Waals surface area contributed by atoms with Crippen molar-refractivity contribution in [2.24, 2.45) is 5.73 Å². The Morgan fingerprint density at radius 1 is 1.22 bits per heavy atom. The van der Waals surface area contributed by atoms with Gasteiger partial charge in [-0.2, -0.15) is 0 Å². The van der Waals surface area contributed by atoms with Crippen molar-refractivity contribution < 1.29 is 0 Å². The Labute approximate surface area is 107 Å². The molecule has 18 heavy (non-hydrogen) atoms. The fraction of sp³-hybridized carbons (Fsp3) is 0.357. The van der Waals surface area contributed by atoms with Gasteiger partial charge in [0.2, 0.25) is 0 Å². The van der Waals surface area contributed by atoms with Crippen LogP contribution in [0.2, 0.25) is 0 Å². The number of rotatable bonds is 3. The lowest BCUT2D eigenvalue weighted by atomic mass is 10.1. The minimum Gasteiger partial charge on any atom is -0.362 e. The van der Waals surface area contributed by atoms with Gasteiger partial charge in [0.05, 0.1) is 6.54 Å². The Kier molecular flexibility index (Phi) is 3.02. The second kappa shape index (κ2) is 4.82. The van der Waals surface area contributed by atoms with Crippen LogP contribution in [0.1, 0.15) is 11.4 Å². The van der Waals surface area contributed by atoms with Crippen LogP contribution in [0.25, 0.3) is 0 Å². The fourth-order valence-electron chi connectivity index (χ4n) is 2.57. The van der Waals surface area contributed by atoms with Crippen molar-refractivity contribution in [3.05, 3.63) is 48.0 Å². The Morgan fingerprint density at radius 2 is 2.11 bits per heavy atom. The molecular formula is C14H18N4. The lowest BCUT2D eigenvalue weighted by Gasteiger charge is -2.31. The highest BCUT2D eigenvalue weighted by atomic mass is 15.2. The molecule has 0 spiro atoms. The summed E-state index contributed by atoms with van der Waals surface area (Å²) in [4.78, 5) is 6.80. The molecule has 0 unspecified atom stereocenters. The van der Waals surface area contributed by atoms with Gasteiger partial charge < -0.3 is 15.2 Å². The number of aromatic nitrogens is 2. The van der Waals surface area contributed by atoms with Gasteiger partial charge in [0.25, 0.3) is 0 Å². The molecule has 2 aromatic rings. The van der Waals surface area contributed by atoms with Gasteiger partial charge in [-0.25, -0.2) is 4.98 Å². The molecule has 2 N–H and O–H groups in total. The maximum absolute atomic E-state index is 5.68. The van der Waals surface area contributed by atoms with E-state index in [9.17, 15) is 0 Å². The van der Waals surface area contributed by atoms with Crippen LogP contribution in [0.5, 0.6) is 0 Å². The van der Waals surface area contributed by atoms with E-state index in [4.69, 9.17) is 5.73 Å². The van der Waals surface area contributed by atoms with Crippen molar-refractivity contribution in [3.63, 3.8) is 0 Å². The lowest BCUT2D eigenvalue weighted by Crippen LogP contribution is -2.34. The first-order valence-corrected chi connectivity index (χ1v) is 6.41. The molecule has 0 radical (unpaired) electrons. The summed E-state index contributed by atoms with van der Waals surface area (Å²) in [5.74, 6) is 1.14. The number of para-hydroxylation sites is 1. The predicted octanol–water partition coefficient (Wildman–Crippen LogP) is 1.40. The summed E-state index contributed by atoms with van der Waals surface area (Å²) in [5, 5.41) is 0. The first kappa shape index (κ1) is 11.3. The van der Waals surface area contributed by atoms with E-state index in [1.54, 1.807) is 0 Å². The van der Waals surface area contributed by atoms with E-state index in [1.165, 1.54) is 11.3 Å². The lowest BCUT2D eigenvalue weighted by molar-refractivity contribution is 0.559. The third-order valence-electron chi connectivity index (χ3n) is 3.49. The minimum atomic E-state index is 0.694. The Hall–Kier alpha value is -1.81. The molecule has 0 fully saturated rings. The summed E-state index contributed by atoms with van der Waals surface area (Å²) in [6, 6.07) is 8.53. The average Bonchev–Trinajstić information content (AvgIpc) is 2.87. The standard InChI is InChI=1S/C14H18N4/c15-6-5-12-3-1-2-4-13(12)18-10-9-17-8-7-16-14(17)11-18/h1-4,7-8H,5-6,9-11,15H2. The van der Waals surface area contributed by atoms with Crippen LogP contribution in [0.15, 0.2) is 36.7 Å². The zero-order valence-corrected chi connectivity index (χ0v) is 10.4. The topological polar surface area (TPSA) is 47.1 Å². The SMILES string of the molecule is NCCc1ccccc1N1CCn2ccnc2C1. The van der Waals surface area contributed by atoms with Crippen LogP contribution in [-0.4, -0.2) is 22.6 Å². The second-order valence-corrected chi connectivity index (χ2v) is 4.63. The number of benzene rings is 1. The van der Waals surface area contributed by atoms with E-state index in [2.05, 4.69) is 44.9 Å². The van der Waals surface area contributed by atoms with Gasteiger partial charge in [0.1, 0.15) is 5.82 Å². The van der Waals surface area contributed by atoms with Gasteiger partial charge in [-0.05, 0) is 24.6 Å². The largest absolute Gasteiger partial charge is 0.362 e. The van der Waals surface area contributed by atoms with Crippen molar-refractivity contribution >= 4 is 5.69 Å². The number of anilines is 1. The van der Waals surface area contributed by atoms with Gasteiger partial charge in [-0.1, -0.05) is 18.2 Å². The van der Waals surface area contributed by atoms with Crippen LogP contribution >= 0.6 is 0 Å². The first-order valence-electron chi connectivity index (χ1n) is 6.41. The van der Waals surface area contributed by atoms with Gasteiger partial charge in [0, 0.05) is 31.2 Å². The zero-order chi connectivity index (χ0) is 12.4. The molecule has 1 aliphatic heterocycles. The molecular weight excluding hydrogens is 224 g/mol. The highest BCUT2D eigenvalue weighted by Crippen LogP contribution is 2.24. The molecule has 4 heteroatoms. The summed E-state index contributed by atoms with van der Waals surface area (Å²) in [7, 11) is 0. The summed E-state index contributed by atoms with van der Waals surface area (Å²) >= 11 is 0. The fourth-order valence-corrected chi connectivity index (χ4v) is 2.57. The van der Waals surface area contributed by atoms with Gasteiger partial charge in [0.15, 0.2) is 0 Å². The molecule has 1 aromatic carbocycles. The molecule has 0 atom stereocenters. The molecule has 0 saturated carbocycles. The summed E-state index contributed by atoms with van der Waals surface area (Å²) in [6.07, 6.45) is 4.87. The van der Waals surface area contributed by atoms with Crippen molar-refractivity contribution in [1.82, 2.24) is 9.55 Å². The van der Waals surface area contributed by atoms with E-state index < -0.39 is 0 Å². The van der Waals surface area contributed by atoms with Crippen LogP contribution in [-0.2, 0) is 19.5 Å². The normalized spacial score (nSPS) is 14.6. The molecule has 94 valence electrons. The molecule has 0 amide bonds. The van der Waals surface area contributed by atoms with Gasteiger partial charge in [-0.3, -0.25) is 0 Å².